The van der Waals surface area contributed by atoms with E-state index in [0.29, 0.717) is 6.10 Å². The van der Waals surface area contributed by atoms with Gasteiger partial charge >= 0.3 is 0 Å². The van der Waals surface area contributed by atoms with Gasteiger partial charge in [0.15, 0.2) is 5.82 Å². The van der Waals surface area contributed by atoms with Gasteiger partial charge in [-0.05, 0) is 37.1 Å². The van der Waals surface area contributed by atoms with Gasteiger partial charge in [-0.2, -0.15) is 0 Å². The predicted molar refractivity (Wildman–Crippen MR) is 82.6 cm³/mol. The lowest BCUT2D eigenvalue weighted by atomic mass is 10.1. The fourth-order valence-electron chi connectivity index (χ4n) is 2.40. The molecule has 0 N–H and O–H groups in total. The number of thiophene rings is 1. The van der Waals surface area contributed by atoms with E-state index in [1.54, 1.807) is 7.11 Å². The van der Waals surface area contributed by atoms with Gasteiger partial charge < -0.3 is 9.64 Å². The number of piperidine rings is 1. The quantitative estimate of drug-likeness (QED) is 0.870. The average Bonchev–Trinajstić information content (AvgIpc) is 2.94. The highest BCUT2D eigenvalue weighted by atomic mass is 35.5. The van der Waals surface area contributed by atoms with Gasteiger partial charge in [0, 0.05) is 20.2 Å². The molecule has 2 aromatic rings. The summed E-state index contributed by atoms with van der Waals surface area (Å²) in [6.07, 6.45) is 2.47. The Kier molecular flexibility index (Phi) is 4.19. The van der Waals surface area contributed by atoms with Gasteiger partial charge in [0.2, 0.25) is 0 Å². The first kappa shape index (κ1) is 13.8. The van der Waals surface area contributed by atoms with E-state index < -0.39 is 0 Å². The maximum atomic E-state index is 5.94. The maximum Gasteiger partial charge on any atom is 0.151 e. The van der Waals surface area contributed by atoms with E-state index in [1.165, 1.54) is 11.3 Å². The molecule has 1 saturated heterocycles. The number of anilines is 1. The van der Waals surface area contributed by atoms with Gasteiger partial charge in [-0.1, -0.05) is 11.6 Å². The first-order valence-electron chi connectivity index (χ1n) is 6.63. The van der Waals surface area contributed by atoms with Crippen molar-refractivity contribution < 1.29 is 4.74 Å². The molecule has 0 unspecified atom stereocenters. The third kappa shape index (κ3) is 2.95. The van der Waals surface area contributed by atoms with E-state index in [9.17, 15) is 0 Å². The molecule has 0 bridgehead atoms. The molecule has 0 aromatic carbocycles. The molecule has 4 nitrogen and oxygen atoms in total. The fraction of sp³-hybridized carbons (Fsp3) is 0.429. The Bertz CT molecular complexity index is 564. The van der Waals surface area contributed by atoms with Crippen molar-refractivity contribution >= 4 is 28.8 Å². The molecule has 0 amide bonds. The van der Waals surface area contributed by atoms with Gasteiger partial charge in [0.05, 0.1) is 15.3 Å². The number of nitrogens with zero attached hydrogens (tertiary/aromatic N) is 3. The van der Waals surface area contributed by atoms with Crippen LogP contribution in [0.4, 0.5) is 5.82 Å². The Balaban J connectivity index is 1.70. The van der Waals surface area contributed by atoms with Crippen molar-refractivity contribution in [2.45, 2.75) is 18.9 Å². The van der Waals surface area contributed by atoms with Crippen LogP contribution in [0.25, 0.3) is 10.6 Å². The molecule has 106 valence electrons. The Morgan fingerprint density at radius 3 is 2.55 bits per heavy atom. The highest BCUT2D eigenvalue weighted by molar-refractivity contribution is 7.19. The molecular formula is C14H16ClN3OS. The minimum atomic E-state index is 0.381. The third-order valence-electron chi connectivity index (χ3n) is 3.58. The number of aromatic nitrogens is 2. The zero-order valence-electron chi connectivity index (χ0n) is 11.3. The summed E-state index contributed by atoms with van der Waals surface area (Å²) in [5.74, 6) is 0.936. The van der Waals surface area contributed by atoms with Crippen LogP contribution in [-0.4, -0.2) is 36.5 Å². The molecule has 1 aliphatic rings. The fourth-order valence-corrected chi connectivity index (χ4v) is 3.41. The molecule has 0 spiro atoms. The number of hydrogen-bond acceptors (Lipinski definition) is 5. The second kappa shape index (κ2) is 6.08. The van der Waals surface area contributed by atoms with E-state index in [0.717, 1.165) is 46.7 Å². The van der Waals surface area contributed by atoms with Crippen molar-refractivity contribution in [2.75, 3.05) is 25.1 Å². The number of halogens is 1. The van der Waals surface area contributed by atoms with Crippen LogP contribution in [0.15, 0.2) is 24.3 Å². The van der Waals surface area contributed by atoms with Crippen LogP contribution in [0.3, 0.4) is 0 Å². The molecule has 0 saturated carbocycles. The van der Waals surface area contributed by atoms with Gasteiger partial charge in [0.1, 0.15) is 5.69 Å². The molecular weight excluding hydrogens is 294 g/mol. The van der Waals surface area contributed by atoms with Crippen LogP contribution in [0.1, 0.15) is 12.8 Å². The Labute approximate surface area is 127 Å². The molecule has 2 aromatic heterocycles. The summed E-state index contributed by atoms with van der Waals surface area (Å²) >= 11 is 7.46. The summed E-state index contributed by atoms with van der Waals surface area (Å²) in [5, 5.41) is 8.64. The molecule has 0 radical (unpaired) electrons. The van der Waals surface area contributed by atoms with Crippen molar-refractivity contribution in [3.63, 3.8) is 0 Å². The Morgan fingerprint density at radius 2 is 2.00 bits per heavy atom. The van der Waals surface area contributed by atoms with Crippen molar-refractivity contribution in [1.29, 1.82) is 0 Å². The number of methoxy groups -OCH3 is 1. The molecule has 1 aliphatic heterocycles. The second-order valence-electron chi connectivity index (χ2n) is 4.80. The normalized spacial score (nSPS) is 16.6. The highest BCUT2D eigenvalue weighted by Gasteiger charge is 2.19. The van der Waals surface area contributed by atoms with E-state index in [1.807, 2.05) is 24.3 Å². The summed E-state index contributed by atoms with van der Waals surface area (Å²) in [6.45, 7) is 1.94. The number of ether oxygens (including phenoxy) is 1. The molecule has 6 heteroatoms. The van der Waals surface area contributed by atoms with Gasteiger partial charge in [-0.3, -0.25) is 0 Å². The first-order chi connectivity index (χ1) is 9.76. The van der Waals surface area contributed by atoms with E-state index in [4.69, 9.17) is 16.3 Å². The Hall–Kier alpha value is -1.17. The zero-order valence-corrected chi connectivity index (χ0v) is 12.8. The topological polar surface area (TPSA) is 38.2 Å². The summed E-state index contributed by atoms with van der Waals surface area (Å²) in [5.41, 5.74) is 0.873. The van der Waals surface area contributed by atoms with Crippen LogP contribution >= 0.6 is 22.9 Å². The number of hydrogen-bond donors (Lipinski definition) is 0. The van der Waals surface area contributed by atoms with Crippen molar-refractivity contribution in [3.05, 3.63) is 28.6 Å². The third-order valence-corrected chi connectivity index (χ3v) is 4.83. The van der Waals surface area contributed by atoms with Gasteiger partial charge in [-0.25, -0.2) is 0 Å². The highest BCUT2D eigenvalue weighted by Crippen LogP contribution is 2.30. The van der Waals surface area contributed by atoms with Crippen molar-refractivity contribution in [3.8, 4) is 10.6 Å². The monoisotopic (exact) mass is 309 g/mol. The Morgan fingerprint density at radius 1 is 1.20 bits per heavy atom. The minimum Gasteiger partial charge on any atom is -0.381 e. The lowest BCUT2D eigenvalue weighted by Crippen LogP contribution is -2.37. The largest absolute Gasteiger partial charge is 0.381 e. The summed E-state index contributed by atoms with van der Waals surface area (Å²) in [6, 6.07) is 7.89. The zero-order chi connectivity index (χ0) is 13.9. The molecule has 0 atom stereocenters. The van der Waals surface area contributed by atoms with Crippen LogP contribution in [-0.2, 0) is 4.74 Å². The lowest BCUT2D eigenvalue weighted by molar-refractivity contribution is 0.0817. The summed E-state index contributed by atoms with van der Waals surface area (Å²) in [4.78, 5) is 3.31. The first-order valence-corrected chi connectivity index (χ1v) is 7.83. The molecule has 20 heavy (non-hydrogen) atoms. The number of rotatable bonds is 3. The average molecular weight is 310 g/mol. The van der Waals surface area contributed by atoms with Crippen molar-refractivity contribution in [1.82, 2.24) is 10.2 Å². The van der Waals surface area contributed by atoms with Crippen LogP contribution in [0.5, 0.6) is 0 Å². The molecule has 3 rings (SSSR count). The smallest absolute Gasteiger partial charge is 0.151 e. The molecule has 3 heterocycles. The maximum absolute atomic E-state index is 5.94. The van der Waals surface area contributed by atoms with Gasteiger partial charge in [0.25, 0.3) is 0 Å². The predicted octanol–water partition coefficient (Wildman–Crippen LogP) is 3.47. The summed E-state index contributed by atoms with van der Waals surface area (Å²) in [7, 11) is 1.78. The van der Waals surface area contributed by atoms with Gasteiger partial charge in [-0.15, -0.1) is 21.5 Å². The van der Waals surface area contributed by atoms with Crippen LogP contribution in [0, 0.1) is 0 Å². The van der Waals surface area contributed by atoms with E-state index in [-0.39, 0.29) is 0 Å². The minimum absolute atomic E-state index is 0.381. The standard InChI is InChI=1S/C14H16ClN3OS/c1-19-10-6-8-18(9-7-10)14-5-2-11(16-17-14)12-3-4-13(15)20-12/h2-5,10H,6-9H2,1H3. The van der Waals surface area contributed by atoms with Crippen molar-refractivity contribution in [2.24, 2.45) is 0 Å². The second-order valence-corrected chi connectivity index (χ2v) is 6.52. The SMILES string of the molecule is COC1CCN(c2ccc(-c3ccc(Cl)s3)nn2)CC1. The molecule has 1 fully saturated rings. The lowest BCUT2D eigenvalue weighted by Gasteiger charge is -2.31. The van der Waals surface area contributed by atoms with E-state index in [2.05, 4.69) is 15.1 Å². The van der Waals surface area contributed by atoms with E-state index >= 15 is 0 Å². The molecule has 0 aliphatic carbocycles. The van der Waals surface area contributed by atoms with Crippen LogP contribution in [0.2, 0.25) is 4.34 Å². The summed E-state index contributed by atoms with van der Waals surface area (Å²) < 4.78 is 6.15. The van der Waals surface area contributed by atoms with Crippen LogP contribution < -0.4 is 4.90 Å².